The lowest BCUT2D eigenvalue weighted by Crippen LogP contribution is -2.40. The number of likely N-dealkylation sites (tertiary alicyclic amines) is 1. The number of piperidine rings is 2. The molecule has 0 aromatic heterocycles. The molecule has 0 saturated carbocycles. The van der Waals surface area contributed by atoms with E-state index in [1.165, 1.54) is 0 Å². The number of amides is 2. The number of carbonyl (C=O) groups excluding carboxylic acids is 2. The van der Waals surface area contributed by atoms with E-state index in [2.05, 4.69) is 24.1 Å². The Hall–Kier alpha value is -1.75. The summed E-state index contributed by atoms with van der Waals surface area (Å²) in [5, 5.41) is 2.32. The number of rotatable bonds is 3. The van der Waals surface area contributed by atoms with E-state index in [0.29, 0.717) is 29.5 Å². The summed E-state index contributed by atoms with van der Waals surface area (Å²) in [6.07, 6.45) is 2.73. The molecule has 0 bridgehead atoms. The summed E-state index contributed by atoms with van der Waals surface area (Å²) in [7, 11) is 0. The van der Waals surface area contributed by atoms with E-state index < -0.39 is 5.92 Å². The standard InChI is InChI=1S/C20H27FN2O2/c1-12(2)23-10-8-14(9-11-23)15-4-5-16(19(21)13(15)3)17-6-7-18(24)22-20(17)25/h4-5,12,14,17H,6-11H2,1-3H3,(H,22,24,25). The van der Waals surface area contributed by atoms with Gasteiger partial charge in [0.2, 0.25) is 11.8 Å². The lowest BCUT2D eigenvalue weighted by atomic mass is 9.82. The predicted octanol–water partition coefficient (Wildman–Crippen LogP) is 3.24. The number of nitrogens with zero attached hydrogens (tertiary/aromatic N) is 1. The number of hydrogen-bond acceptors (Lipinski definition) is 3. The first kappa shape index (κ1) is 18.1. The Morgan fingerprint density at radius 2 is 1.76 bits per heavy atom. The van der Waals surface area contributed by atoms with Crippen molar-refractivity contribution in [2.75, 3.05) is 13.1 Å². The average molecular weight is 346 g/mol. The molecule has 2 saturated heterocycles. The largest absolute Gasteiger partial charge is 0.301 e. The highest BCUT2D eigenvalue weighted by Crippen LogP contribution is 2.35. The van der Waals surface area contributed by atoms with Crippen molar-refractivity contribution in [2.24, 2.45) is 0 Å². The molecule has 5 heteroatoms. The lowest BCUT2D eigenvalue weighted by molar-refractivity contribution is -0.134. The Kier molecular flexibility index (Phi) is 5.23. The molecule has 0 radical (unpaired) electrons. The third kappa shape index (κ3) is 3.61. The van der Waals surface area contributed by atoms with Gasteiger partial charge in [-0.1, -0.05) is 12.1 Å². The van der Waals surface area contributed by atoms with Gasteiger partial charge in [0.05, 0.1) is 5.92 Å². The van der Waals surface area contributed by atoms with Crippen molar-refractivity contribution >= 4 is 11.8 Å². The fraction of sp³-hybridized carbons (Fsp3) is 0.600. The molecule has 4 nitrogen and oxygen atoms in total. The maximum atomic E-state index is 15.0. The van der Waals surface area contributed by atoms with E-state index in [1.807, 2.05) is 13.0 Å². The molecule has 3 rings (SSSR count). The Balaban J connectivity index is 1.79. The smallest absolute Gasteiger partial charge is 0.234 e. The molecule has 2 heterocycles. The topological polar surface area (TPSA) is 49.4 Å². The number of carbonyl (C=O) groups is 2. The summed E-state index contributed by atoms with van der Waals surface area (Å²) < 4.78 is 15.0. The number of benzene rings is 1. The molecule has 2 aliphatic heterocycles. The normalized spacial score (nSPS) is 23.2. The third-order valence-corrected chi connectivity index (χ3v) is 5.77. The van der Waals surface area contributed by atoms with Crippen molar-refractivity contribution in [3.05, 3.63) is 34.6 Å². The summed E-state index contributed by atoms with van der Waals surface area (Å²) in [5.41, 5.74) is 2.15. The zero-order valence-corrected chi connectivity index (χ0v) is 15.3. The SMILES string of the molecule is Cc1c(C2CCN(C(C)C)CC2)ccc(C2CCC(=O)NC2=O)c1F. The highest BCUT2D eigenvalue weighted by molar-refractivity contribution is 6.00. The maximum Gasteiger partial charge on any atom is 0.234 e. The molecule has 2 fully saturated rings. The van der Waals surface area contributed by atoms with E-state index in [0.717, 1.165) is 31.5 Å². The van der Waals surface area contributed by atoms with Crippen LogP contribution in [0.25, 0.3) is 0 Å². The minimum absolute atomic E-state index is 0.268. The first-order valence-corrected chi connectivity index (χ1v) is 9.25. The molecule has 2 amide bonds. The molecule has 2 aliphatic rings. The highest BCUT2D eigenvalue weighted by atomic mass is 19.1. The molecule has 25 heavy (non-hydrogen) atoms. The second-order valence-electron chi connectivity index (χ2n) is 7.59. The molecule has 0 spiro atoms. The highest BCUT2D eigenvalue weighted by Gasteiger charge is 2.32. The fourth-order valence-electron chi connectivity index (χ4n) is 4.15. The van der Waals surface area contributed by atoms with Crippen LogP contribution in [0.1, 0.15) is 68.1 Å². The van der Waals surface area contributed by atoms with Crippen LogP contribution in [0.2, 0.25) is 0 Å². The van der Waals surface area contributed by atoms with Gasteiger partial charge in [-0.3, -0.25) is 14.9 Å². The maximum absolute atomic E-state index is 15.0. The summed E-state index contributed by atoms with van der Waals surface area (Å²) in [6, 6.07) is 4.30. The van der Waals surface area contributed by atoms with Gasteiger partial charge < -0.3 is 4.90 Å². The molecular formula is C20H27FN2O2. The Bertz CT molecular complexity index is 679. The average Bonchev–Trinajstić information content (AvgIpc) is 2.58. The van der Waals surface area contributed by atoms with Gasteiger partial charge >= 0.3 is 0 Å². The van der Waals surface area contributed by atoms with Gasteiger partial charge in [0.15, 0.2) is 0 Å². The van der Waals surface area contributed by atoms with Crippen LogP contribution in [0.15, 0.2) is 12.1 Å². The first-order valence-electron chi connectivity index (χ1n) is 9.25. The van der Waals surface area contributed by atoms with E-state index in [1.54, 1.807) is 6.07 Å². The summed E-state index contributed by atoms with van der Waals surface area (Å²) in [5.74, 6) is -1.12. The van der Waals surface area contributed by atoms with Crippen molar-refractivity contribution in [2.45, 2.75) is 64.3 Å². The van der Waals surface area contributed by atoms with Crippen LogP contribution in [0.4, 0.5) is 4.39 Å². The minimum Gasteiger partial charge on any atom is -0.301 e. The van der Waals surface area contributed by atoms with Crippen LogP contribution in [0, 0.1) is 12.7 Å². The van der Waals surface area contributed by atoms with Crippen LogP contribution >= 0.6 is 0 Å². The quantitative estimate of drug-likeness (QED) is 0.855. The van der Waals surface area contributed by atoms with Gasteiger partial charge in [-0.2, -0.15) is 0 Å². The van der Waals surface area contributed by atoms with Crippen LogP contribution in [-0.2, 0) is 9.59 Å². The molecular weight excluding hydrogens is 319 g/mol. The van der Waals surface area contributed by atoms with Gasteiger partial charge in [0.25, 0.3) is 0 Å². The second kappa shape index (κ2) is 7.24. The molecule has 1 aromatic rings. The molecule has 0 aliphatic carbocycles. The fourth-order valence-corrected chi connectivity index (χ4v) is 4.15. The second-order valence-corrected chi connectivity index (χ2v) is 7.59. The van der Waals surface area contributed by atoms with Gasteiger partial charge in [0.1, 0.15) is 5.82 Å². The lowest BCUT2D eigenvalue weighted by Gasteiger charge is -2.35. The Morgan fingerprint density at radius 3 is 2.36 bits per heavy atom. The van der Waals surface area contributed by atoms with Gasteiger partial charge in [-0.05, 0) is 70.2 Å². The summed E-state index contributed by atoms with van der Waals surface area (Å²) >= 11 is 0. The van der Waals surface area contributed by atoms with Gasteiger partial charge in [0, 0.05) is 18.0 Å². The van der Waals surface area contributed by atoms with Crippen LogP contribution in [-0.4, -0.2) is 35.8 Å². The Morgan fingerprint density at radius 1 is 1.12 bits per heavy atom. The molecule has 1 atom stereocenters. The number of imide groups is 1. The third-order valence-electron chi connectivity index (χ3n) is 5.77. The van der Waals surface area contributed by atoms with E-state index in [4.69, 9.17) is 0 Å². The van der Waals surface area contributed by atoms with Crippen LogP contribution < -0.4 is 5.32 Å². The summed E-state index contributed by atoms with van der Waals surface area (Å²) in [4.78, 5) is 25.8. The number of nitrogens with one attached hydrogen (secondary N) is 1. The van der Waals surface area contributed by atoms with Crippen molar-refractivity contribution in [1.29, 1.82) is 0 Å². The van der Waals surface area contributed by atoms with Gasteiger partial charge in [-0.15, -0.1) is 0 Å². The molecule has 1 unspecified atom stereocenters. The van der Waals surface area contributed by atoms with E-state index in [9.17, 15) is 9.59 Å². The zero-order valence-electron chi connectivity index (χ0n) is 15.3. The minimum atomic E-state index is -0.562. The molecule has 136 valence electrons. The van der Waals surface area contributed by atoms with E-state index >= 15 is 4.39 Å². The van der Waals surface area contributed by atoms with Gasteiger partial charge in [-0.25, -0.2) is 4.39 Å². The van der Waals surface area contributed by atoms with Crippen LogP contribution in [0.3, 0.4) is 0 Å². The van der Waals surface area contributed by atoms with Crippen molar-refractivity contribution in [3.8, 4) is 0 Å². The van der Waals surface area contributed by atoms with Crippen LogP contribution in [0.5, 0.6) is 0 Å². The number of halogens is 1. The molecule has 1 aromatic carbocycles. The summed E-state index contributed by atoms with van der Waals surface area (Å²) in [6.45, 7) is 8.31. The van der Waals surface area contributed by atoms with Crippen molar-refractivity contribution in [1.82, 2.24) is 10.2 Å². The van der Waals surface area contributed by atoms with Crippen molar-refractivity contribution in [3.63, 3.8) is 0 Å². The van der Waals surface area contributed by atoms with Crippen molar-refractivity contribution < 1.29 is 14.0 Å². The monoisotopic (exact) mass is 346 g/mol. The number of hydrogen-bond donors (Lipinski definition) is 1. The van der Waals surface area contributed by atoms with E-state index in [-0.39, 0.29) is 24.1 Å². The molecule has 1 N–H and O–H groups in total. The Labute approximate surface area is 148 Å². The first-order chi connectivity index (χ1) is 11.9. The predicted molar refractivity (Wildman–Crippen MR) is 94.9 cm³/mol. The zero-order chi connectivity index (χ0) is 18.1.